The van der Waals surface area contributed by atoms with Crippen LogP contribution < -0.4 is 5.32 Å². The third-order valence-corrected chi connectivity index (χ3v) is 2.32. The Morgan fingerprint density at radius 3 is 2.78 bits per heavy atom. The molecule has 0 atom stereocenters. The Kier molecular flexibility index (Phi) is 5.10. The van der Waals surface area contributed by atoms with Gasteiger partial charge in [0.15, 0.2) is 0 Å². The Balaban J connectivity index is 2.53. The molecular formula is C12H17N3O3. The first-order chi connectivity index (χ1) is 8.54. The highest BCUT2D eigenvalue weighted by Gasteiger charge is 2.08. The highest BCUT2D eigenvalue weighted by atomic mass is 16.5. The molecule has 6 heteroatoms. The second kappa shape index (κ2) is 6.58. The van der Waals surface area contributed by atoms with E-state index in [-0.39, 0.29) is 11.6 Å². The molecule has 0 saturated heterocycles. The first-order valence-electron chi connectivity index (χ1n) is 5.53. The number of carbonyl (C=O) groups is 2. The summed E-state index contributed by atoms with van der Waals surface area (Å²) in [6.45, 7) is 0.502. The SMILES string of the molecule is COC(=O)c1cc(NCCC(=O)N(C)C)ccn1. The molecule has 0 aliphatic heterocycles. The lowest BCUT2D eigenvalue weighted by Gasteiger charge is -2.11. The molecule has 0 aliphatic carbocycles. The molecule has 98 valence electrons. The standard InChI is InChI=1S/C12H17N3O3/c1-15(2)11(16)5-7-13-9-4-6-14-10(8-9)12(17)18-3/h4,6,8H,5,7H2,1-3H3,(H,13,14). The van der Waals surface area contributed by atoms with Gasteiger partial charge in [-0.05, 0) is 12.1 Å². The van der Waals surface area contributed by atoms with Gasteiger partial charge in [0.05, 0.1) is 7.11 Å². The van der Waals surface area contributed by atoms with Crippen LogP contribution in [0.3, 0.4) is 0 Å². The Hall–Kier alpha value is -2.11. The molecule has 0 aliphatic rings. The Morgan fingerprint density at radius 2 is 2.17 bits per heavy atom. The van der Waals surface area contributed by atoms with Crippen molar-refractivity contribution in [3.8, 4) is 0 Å². The van der Waals surface area contributed by atoms with E-state index in [0.29, 0.717) is 13.0 Å². The van der Waals surface area contributed by atoms with Gasteiger partial charge in [0.2, 0.25) is 5.91 Å². The fraction of sp³-hybridized carbons (Fsp3) is 0.417. The summed E-state index contributed by atoms with van der Waals surface area (Å²) in [6, 6.07) is 3.32. The lowest BCUT2D eigenvalue weighted by atomic mass is 10.3. The van der Waals surface area contributed by atoms with Crippen LogP contribution >= 0.6 is 0 Å². The summed E-state index contributed by atoms with van der Waals surface area (Å²) in [5.74, 6) is -0.437. The topological polar surface area (TPSA) is 71.5 Å². The number of rotatable bonds is 5. The van der Waals surface area contributed by atoms with Gasteiger partial charge in [0.1, 0.15) is 5.69 Å². The van der Waals surface area contributed by atoms with E-state index in [2.05, 4.69) is 15.0 Å². The number of ether oxygens (including phenoxy) is 1. The van der Waals surface area contributed by atoms with Crippen LogP contribution in [-0.2, 0) is 9.53 Å². The number of nitrogens with one attached hydrogen (secondary N) is 1. The van der Waals surface area contributed by atoms with Crippen molar-refractivity contribution in [1.82, 2.24) is 9.88 Å². The average molecular weight is 251 g/mol. The van der Waals surface area contributed by atoms with Crippen LogP contribution in [0.2, 0.25) is 0 Å². The first-order valence-corrected chi connectivity index (χ1v) is 5.53. The van der Waals surface area contributed by atoms with Gasteiger partial charge in [-0.25, -0.2) is 9.78 Å². The number of aromatic nitrogens is 1. The predicted octanol–water partition coefficient (Wildman–Crippen LogP) is 0.758. The van der Waals surface area contributed by atoms with Gasteiger partial charge >= 0.3 is 5.97 Å². The maximum absolute atomic E-state index is 11.4. The quantitative estimate of drug-likeness (QED) is 0.782. The molecule has 1 N–H and O–H groups in total. The third-order valence-electron chi connectivity index (χ3n) is 2.32. The Labute approximate surface area is 106 Å². The van der Waals surface area contributed by atoms with Crippen LogP contribution in [0.5, 0.6) is 0 Å². The second-order valence-corrected chi connectivity index (χ2v) is 3.89. The van der Waals surface area contributed by atoms with Gasteiger partial charge in [-0.2, -0.15) is 0 Å². The summed E-state index contributed by atoms with van der Waals surface area (Å²) >= 11 is 0. The number of hydrogen-bond donors (Lipinski definition) is 1. The summed E-state index contributed by atoms with van der Waals surface area (Å²) in [5, 5.41) is 3.05. The number of pyridine rings is 1. The number of nitrogens with zero attached hydrogens (tertiary/aromatic N) is 2. The van der Waals surface area contributed by atoms with E-state index in [1.807, 2.05) is 0 Å². The maximum atomic E-state index is 11.4. The molecule has 1 rings (SSSR count). The number of anilines is 1. The van der Waals surface area contributed by atoms with E-state index < -0.39 is 5.97 Å². The van der Waals surface area contributed by atoms with Crippen LogP contribution in [0.15, 0.2) is 18.3 Å². The van der Waals surface area contributed by atoms with E-state index in [1.54, 1.807) is 26.2 Å². The van der Waals surface area contributed by atoms with Crippen molar-refractivity contribution < 1.29 is 14.3 Å². The minimum atomic E-state index is -0.483. The van der Waals surface area contributed by atoms with Gasteiger partial charge in [-0.3, -0.25) is 4.79 Å². The van der Waals surface area contributed by atoms with Gasteiger partial charge in [0, 0.05) is 38.9 Å². The number of carbonyl (C=O) groups excluding carboxylic acids is 2. The lowest BCUT2D eigenvalue weighted by molar-refractivity contribution is -0.128. The normalized spacial score (nSPS) is 9.72. The summed E-state index contributed by atoms with van der Waals surface area (Å²) in [5.41, 5.74) is 0.971. The van der Waals surface area contributed by atoms with E-state index in [0.717, 1.165) is 5.69 Å². The molecule has 0 radical (unpaired) electrons. The summed E-state index contributed by atoms with van der Waals surface area (Å²) < 4.78 is 4.58. The van der Waals surface area contributed by atoms with E-state index >= 15 is 0 Å². The minimum Gasteiger partial charge on any atom is -0.464 e. The largest absolute Gasteiger partial charge is 0.464 e. The molecule has 0 bridgehead atoms. The molecule has 1 amide bonds. The zero-order valence-corrected chi connectivity index (χ0v) is 10.8. The molecule has 1 aromatic rings. The van der Waals surface area contributed by atoms with Gasteiger partial charge < -0.3 is 15.0 Å². The highest BCUT2D eigenvalue weighted by Crippen LogP contribution is 2.08. The first kappa shape index (κ1) is 14.0. The zero-order valence-electron chi connectivity index (χ0n) is 10.8. The number of amides is 1. The fourth-order valence-corrected chi connectivity index (χ4v) is 1.29. The van der Waals surface area contributed by atoms with Crippen molar-refractivity contribution >= 4 is 17.6 Å². The van der Waals surface area contributed by atoms with Crippen molar-refractivity contribution in [3.05, 3.63) is 24.0 Å². The molecular weight excluding hydrogens is 234 g/mol. The molecule has 0 fully saturated rings. The van der Waals surface area contributed by atoms with Crippen molar-refractivity contribution in [2.75, 3.05) is 33.1 Å². The number of methoxy groups -OCH3 is 1. The van der Waals surface area contributed by atoms with Crippen molar-refractivity contribution in [2.24, 2.45) is 0 Å². The molecule has 6 nitrogen and oxygen atoms in total. The monoisotopic (exact) mass is 251 g/mol. The van der Waals surface area contributed by atoms with Gasteiger partial charge in [-0.15, -0.1) is 0 Å². The van der Waals surface area contributed by atoms with E-state index in [9.17, 15) is 9.59 Å². The van der Waals surface area contributed by atoms with Crippen LogP contribution in [0.4, 0.5) is 5.69 Å². The minimum absolute atomic E-state index is 0.0461. The molecule has 0 saturated carbocycles. The number of hydrogen-bond acceptors (Lipinski definition) is 5. The third kappa shape index (κ3) is 4.04. The van der Waals surface area contributed by atoms with Crippen LogP contribution in [0.25, 0.3) is 0 Å². The second-order valence-electron chi connectivity index (χ2n) is 3.89. The van der Waals surface area contributed by atoms with Crippen molar-refractivity contribution in [1.29, 1.82) is 0 Å². The van der Waals surface area contributed by atoms with Crippen LogP contribution in [0, 0.1) is 0 Å². The smallest absolute Gasteiger partial charge is 0.356 e. The fourth-order valence-electron chi connectivity index (χ4n) is 1.29. The summed E-state index contributed by atoms with van der Waals surface area (Å²) in [6.07, 6.45) is 1.91. The molecule has 18 heavy (non-hydrogen) atoms. The maximum Gasteiger partial charge on any atom is 0.356 e. The molecule has 0 aromatic carbocycles. The van der Waals surface area contributed by atoms with E-state index in [1.165, 1.54) is 18.2 Å². The average Bonchev–Trinajstić information content (AvgIpc) is 2.37. The predicted molar refractivity (Wildman–Crippen MR) is 67.4 cm³/mol. The van der Waals surface area contributed by atoms with Gasteiger partial charge in [-0.1, -0.05) is 0 Å². The van der Waals surface area contributed by atoms with Crippen molar-refractivity contribution in [3.63, 3.8) is 0 Å². The van der Waals surface area contributed by atoms with Crippen LogP contribution in [-0.4, -0.2) is 49.5 Å². The van der Waals surface area contributed by atoms with Crippen LogP contribution in [0.1, 0.15) is 16.9 Å². The lowest BCUT2D eigenvalue weighted by Crippen LogP contribution is -2.23. The molecule has 0 unspecified atom stereocenters. The van der Waals surface area contributed by atoms with Crippen molar-refractivity contribution in [2.45, 2.75) is 6.42 Å². The Bertz CT molecular complexity index is 432. The molecule has 0 spiro atoms. The summed E-state index contributed by atoms with van der Waals surface area (Å²) in [7, 11) is 4.73. The Morgan fingerprint density at radius 1 is 1.44 bits per heavy atom. The van der Waals surface area contributed by atoms with Gasteiger partial charge in [0.25, 0.3) is 0 Å². The number of esters is 1. The highest BCUT2D eigenvalue weighted by molar-refractivity contribution is 5.88. The van der Waals surface area contributed by atoms with E-state index in [4.69, 9.17) is 0 Å². The molecule has 1 aromatic heterocycles. The summed E-state index contributed by atoms with van der Waals surface area (Å²) in [4.78, 5) is 28.0. The molecule has 1 heterocycles. The zero-order chi connectivity index (χ0) is 13.5.